The van der Waals surface area contributed by atoms with E-state index in [0.717, 1.165) is 44.7 Å². The Morgan fingerprint density at radius 3 is 2.95 bits per heavy atom. The molecule has 0 saturated carbocycles. The molecule has 0 N–H and O–H groups in total. The van der Waals surface area contributed by atoms with E-state index in [1.54, 1.807) is 0 Å². The first-order valence-electron chi connectivity index (χ1n) is 7.90. The maximum atomic E-state index is 11.8. The normalized spacial score (nSPS) is 20.3. The largest absolute Gasteiger partial charge is 0.493 e. The van der Waals surface area contributed by atoms with Gasteiger partial charge in [0.15, 0.2) is 0 Å². The maximum Gasteiger partial charge on any atom is 0.306 e. The monoisotopic (exact) mass is 323 g/mol. The van der Waals surface area contributed by atoms with Gasteiger partial charge in [0.2, 0.25) is 0 Å². The van der Waals surface area contributed by atoms with Crippen molar-refractivity contribution in [2.45, 2.75) is 31.6 Å². The van der Waals surface area contributed by atoms with Crippen molar-refractivity contribution in [3.63, 3.8) is 0 Å². The standard InChI is InChI=1S/C17H22ClNO3/c1-21-17(20)11-15(12-4-7-19(18)8-5-12)14-3-2-13-6-9-22-16(13)10-14/h2-3,10,12,15H,4-9,11H2,1H3. The molecule has 1 fully saturated rings. The van der Waals surface area contributed by atoms with Crippen LogP contribution >= 0.6 is 11.8 Å². The topological polar surface area (TPSA) is 38.8 Å². The summed E-state index contributed by atoms with van der Waals surface area (Å²) in [6.45, 7) is 2.49. The summed E-state index contributed by atoms with van der Waals surface area (Å²) in [5.74, 6) is 1.45. The van der Waals surface area contributed by atoms with Crippen LogP contribution in [-0.2, 0) is 16.0 Å². The van der Waals surface area contributed by atoms with Crippen LogP contribution in [0.25, 0.3) is 0 Å². The Labute approximate surface area is 136 Å². The number of carbonyl (C=O) groups excluding carboxylic acids is 1. The third-order valence-corrected chi connectivity index (χ3v) is 5.15. The number of hydrogen-bond acceptors (Lipinski definition) is 4. The zero-order valence-corrected chi connectivity index (χ0v) is 13.6. The van der Waals surface area contributed by atoms with Crippen LogP contribution in [0.1, 0.15) is 36.3 Å². The molecule has 0 spiro atoms. The molecule has 1 aromatic rings. The minimum Gasteiger partial charge on any atom is -0.493 e. The van der Waals surface area contributed by atoms with Gasteiger partial charge in [-0.25, -0.2) is 4.42 Å². The lowest BCUT2D eigenvalue weighted by atomic mass is 9.78. The predicted octanol–water partition coefficient (Wildman–Crippen LogP) is 3.13. The molecule has 3 rings (SSSR count). The molecule has 4 nitrogen and oxygen atoms in total. The Morgan fingerprint density at radius 1 is 1.45 bits per heavy atom. The highest BCUT2D eigenvalue weighted by molar-refractivity contribution is 6.13. The number of methoxy groups -OCH3 is 1. The van der Waals surface area contributed by atoms with E-state index in [0.29, 0.717) is 12.3 Å². The van der Waals surface area contributed by atoms with Gasteiger partial charge in [-0.15, -0.1) is 0 Å². The summed E-state index contributed by atoms with van der Waals surface area (Å²) >= 11 is 6.06. The van der Waals surface area contributed by atoms with E-state index >= 15 is 0 Å². The Balaban J connectivity index is 1.82. The Kier molecular flexibility index (Phi) is 4.89. The lowest BCUT2D eigenvalue weighted by Crippen LogP contribution is -2.30. The average molecular weight is 324 g/mol. The first kappa shape index (κ1) is 15.6. The number of benzene rings is 1. The zero-order valence-electron chi connectivity index (χ0n) is 12.9. The molecule has 0 aliphatic carbocycles. The molecule has 1 aromatic carbocycles. The molecule has 0 amide bonds. The van der Waals surface area contributed by atoms with E-state index in [-0.39, 0.29) is 11.9 Å². The molecule has 1 unspecified atom stereocenters. The van der Waals surface area contributed by atoms with Crippen LogP contribution in [0.3, 0.4) is 0 Å². The molecule has 0 bridgehead atoms. The van der Waals surface area contributed by atoms with Crippen molar-refractivity contribution in [3.05, 3.63) is 29.3 Å². The molecule has 22 heavy (non-hydrogen) atoms. The number of ether oxygens (including phenoxy) is 2. The quantitative estimate of drug-likeness (QED) is 0.630. The second kappa shape index (κ2) is 6.88. The number of piperidine rings is 1. The average Bonchev–Trinajstić information content (AvgIpc) is 3.01. The van der Waals surface area contributed by atoms with Gasteiger partial charge in [0.1, 0.15) is 5.75 Å². The highest BCUT2D eigenvalue weighted by atomic mass is 35.5. The van der Waals surface area contributed by atoms with E-state index in [9.17, 15) is 4.79 Å². The van der Waals surface area contributed by atoms with Crippen LogP contribution in [0.5, 0.6) is 5.75 Å². The molecular formula is C17H22ClNO3. The summed E-state index contributed by atoms with van der Waals surface area (Å²) in [6.07, 6.45) is 3.40. The molecule has 0 radical (unpaired) electrons. The highest BCUT2D eigenvalue weighted by Gasteiger charge is 2.30. The lowest BCUT2D eigenvalue weighted by Gasteiger charge is -2.33. The summed E-state index contributed by atoms with van der Waals surface area (Å²) in [4.78, 5) is 11.8. The number of nitrogens with zero attached hydrogens (tertiary/aromatic N) is 1. The van der Waals surface area contributed by atoms with Crippen LogP contribution in [0.15, 0.2) is 18.2 Å². The van der Waals surface area contributed by atoms with E-state index < -0.39 is 0 Å². The smallest absolute Gasteiger partial charge is 0.306 e. The van der Waals surface area contributed by atoms with Gasteiger partial charge in [0.25, 0.3) is 0 Å². The molecule has 1 saturated heterocycles. The third-order valence-electron chi connectivity index (χ3n) is 4.82. The number of carbonyl (C=O) groups is 1. The third kappa shape index (κ3) is 3.39. The molecular weight excluding hydrogens is 302 g/mol. The summed E-state index contributed by atoms with van der Waals surface area (Å²) < 4.78 is 12.4. The fourth-order valence-corrected chi connectivity index (χ4v) is 3.70. The van der Waals surface area contributed by atoms with Crippen molar-refractivity contribution in [2.24, 2.45) is 5.92 Å². The van der Waals surface area contributed by atoms with Crippen LogP contribution in [0, 0.1) is 5.92 Å². The SMILES string of the molecule is COC(=O)CC(c1ccc2c(c1)OCC2)C1CCN(Cl)CC1. The van der Waals surface area contributed by atoms with Gasteiger partial charge in [-0.3, -0.25) is 4.79 Å². The Hall–Kier alpha value is -1.26. The van der Waals surface area contributed by atoms with E-state index in [1.165, 1.54) is 18.2 Å². The highest BCUT2D eigenvalue weighted by Crippen LogP contribution is 2.38. The Morgan fingerprint density at radius 2 is 2.23 bits per heavy atom. The van der Waals surface area contributed by atoms with E-state index in [1.807, 2.05) is 4.42 Å². The molecule has 2 aliphatic rings. The molecule has 120 valence electrons. The molecule has 2 heterocycles. The first-order chi connectivity index (χ1) is 10.7. The van der Waals surface area contributed by atoms with Crippen molar-refractivity contribution >= 4 is 17.7 Å². The summed E-state index contributed by atoms with van der Waals surface area (Å²) in [7, 11) is 1.45. The van der Waals surface area contributed by atoms with Crippen LogP contribution in [-0.4, -0.2) is 37.2 Å². The molecule has 2 aliphatic heterocycles. The second-order valence-electron chi connectivity index (χ2n) is 6.10. The lowest BCUT2D eigenvalue weighted by molar-refractivity contribution is -0.141. The van der Waals surface area contributed by atoms with Gasteiger partial charge in [-0.1, -0.05) is 12.1 Å². The maximum absolute atomic E-state index is 11.8. The van der Waals surface area contributed by atoms with Gasteiger partial charge >= 0.3 is 5.97 Å². The van der Waals surface area contributed by atoms with Gasteiger partial charge in [-0.2, -0.15) is 0 Å². The van der Waals surface area contributed by atoms with Crippen LogP contribution in [0.2, 0.25) is 0 Å². The number of esters is 1. The van der Waals surface area contributed by atoms with Crippen molar-refractivity contribution in [3.8, 4) is 5.75 Å². The van der Waals surface area contributed by atoms with E-state index in [2.05, 4.69) is 18.2 Å². The van der Waals surface area contributed by atoms with Crippen molar-refractivity contribution in [2.75, 3.05) is 26.8 Å². The fraction of sp³-hybridized carbons (Fsp3) is 0.588. The minimum atomic E-state index is -0.153. The number of rotatable bonds is 4. The van der Waals surface area contributed by atoms with Gasteiger partial charge in [-0.05, 0) is 53.6 Å². The van der Waals surface area contributed by atoms with Crippen molar-refractivity contribution in [1.29, 1.82) is 0 Å². The molecule has 5 heteroatoms. The summed E-state index contributed by atoms with van der Waals surface area (Å²) in [5.41, 5.74) is 2.44. The molecule has 0 aromatic heterocycles. The van der Waals surface area contributed by atoms with Crippen LogP contribution < -0.4 is 4.74 Å². The fourth-order valence-electron chi connectivity index (χ4n) is 3.50. The van der Waals surface area contributed by atoms with Gasteiger partial charge in [0, 0.05) is 19.5 Å². The van der Waals surface area contributed by atoms with E-state index in [4.69, 9.17) is 21.3 Å². The number of halogens is 1. The summed E-state index contributed by atoms with van der Waals surface area (Å²) in [6, 6.07) is 6.40. The van der Waals surface area contributed by atoms with Gasteiger partial charge in [0.05, 0.1) is 20.1 Å². The van der Waals surface area contributed by atoms with Crippen molar-refractivity contribution in [1.82, 2.24) is 4.42 Å². The predicted molar refractivity (Wildman–Crippen MR) is 85.2 cm³/mol. The summed E-state index contributed by atoms with van der Waals surface area (Å²) in [5, 5.41) is 0. The molecule has 1 atom stereocenters. The number of hydrogen-bond donors (Lipinski definition) is 0. The van der Waals surface area contributed by atoms with Gasteiger partial charge < -0.3 is 9.47 Å². The minimum absolute atomic E-state index is 0.153. The number of fused-ring (bicyclic) bond motifs is 1. The van der Waals surface area contributed by atoms with Crippen LogP contribution in [0.4, 0.5) is 0 Å². The zero-order chi connectivity index (χ0) is 15.5. The first-order valence-corrected chi connectivity index (χ1v) is 8.24. The van der Waals surface area contributed by atoms with Crippen molar-refractivity contribution < 1.29 is 14.3 Å². The Bertz CT molecular complexity index is 541. The second-order valence-corrected chi connectivity index (χ2v) is 6.58.